The van der Waals surface area contributed by atoms with E-state index in [0.29, 0.717) is 5.69 Å². The van der Waals surface area contributed by atoms with E-state index in [0.717, 1.165) is 11.6 Å². The van der Waals surface area contributed by atoms with Crippen molar-refractivity contribution in [2.24, 2.45) is 0 Å². The van der Waals surface area contributed by atoms with Crippen LogP contribution in [0.3, 0.4) is 0 Å². The van der Waals surface area contributed by atoms with E-state index in [1.165, 1.54) is 16.4 Å². The summed E-state index contributed by atoms with van der Waals surface area (Å²) in [4.78, 5) is -0.401. The number of para-hydroxylation sites is 1. The third kappa shape index (κ3) is 3.64. The fraction of sp³-hybridized carbons (Fsp3) is 0.0526. The maximum absolute atomic E-state index is 14.3. The summed E-state index contributed by atoms with van der Waals surface area (Å²) >= 11 is 0. The second kappa shape index (κ2) is 6.94. The molecular formula is C19H17FN2O2S. The van der Waals surface area contributed by atoms with Crippen LogP contribution in [0.5, 0.6) is 0 Å². The van der Waals surface area contributed by atoms with Crippen molar-refractivity contribution in [2.75, 3.05) is 10.0 Å². The third-order valence-electron chi connectivity index (χ3n) is 3.74. The maximum atomic E-state index is 14.3. The quantitative estimate of drug-likeness (QED) is 0.707. The zero-order valence-corrected chi connectivity index (χ0v) is 14.2. The van der Waals surface area contributed by atoms with Crippen LogP contribution >= 0.6 is 0 Å². The van der Waals surface area contributed by atoms with E-state index in [9.17, 15) is 12.8 Å². The topological polar surface area (TPSA) is 63.4 Å². The Hall–Kier alpha value is -2.86. The lowest BCUT2D eigenvalue weighted by Gasteiger charge is -2.25. The molecule has 0 amide bonds. The van der Waals surface area contributed by atoms with Crippen molar-refractivity contribution in [3.8, 4) is 0 Å². The molecule has 3 aromatic rings. The van der Waals surface area contributed by atoms with Crippen LogP contribution in [0.4, 0.5) is 15.8 Å². The lowest BCUT2D eigenvalue weighted by atomic mass is 10.2. The summed E-state index contributed by atoms with van der Waals surface area (Å²) in [7, 11) is -4.10. The number of anilines is 2. The predicted octanol–water partition coefficient (Wildman–Crippen LogP) is 3.80. The molecule has 25 heavy (non-hydrogen) atoms. The number of halogens is 1. The van der Waals surface area contributed by atoms with Gasteiger partial charge in [0, 0.05) is 5.69 Å². The summed E-state index contributed by atoms with van der Waals surface area (Å²) in [6, 6.07) is 21.4. The second-order valence-electron chi connectivity index (χ2n) is 5.52. The lowest BCUT2D eigenvalue weighted by Crippen LogP contribution is -2.31. The molecule has 0 radical (unpaired) electrons. The number of rotatable bonds is 5. The van der Waals surface area contributed by atoms with Gasteiger partial charge >= 0.3 is 0 Å². The molecule has 0 fully saturated rings. The Balaban J connectivity index is 2.10. The molecule has 128 valence electrons. The third-order valence-corrected chi connectivity index (χ3v) is 5.54. The highest BCUT2D eigenvalue weighted by Gasteiger charge is 2.28. The monoisotopic (exact) mass is 356 g/mol. The summed E-state index contributed by atoms with van der Waals surface area (Å²) in [6.07, 6.45) is 0. The van der Waals surface area contributed by atoms with Gasteiger partial charge in [0.05, 0.1) is 12.2 Å². The number of hydrogen-bond acceptors (Lipinski definition) is 3. The molecule has 4 nitrogen and oxygen atoms in total. The van der Waals surface area contributed by atoms with Gasteiger partial charge in [0.2, 0.25) is 0 Å². The van der Waals surface area contributed by atoms with Gasteiger partial charge in [-0.05, 0) is 35.9 Å². The fourth-order valence-electron chi connectivity index (χ4n) is 2.50. The van der Waals surface area contributed by atoms with Crippen molar-refractivity contribution in [1.29, 1.82) is 0 Å². The molecule has 2 N–H and O–H groups in total. The minimum absolute atomic E-state index is 0.0942. The number of benzene rings is 3. The number of hydrogen-bond donors (Lipinski definition) is 1. The van der Waals surface area contributed by atoms with Gasteiger partial charge in [-0.25, -0.2) is 12.8 Å². The van der Waals surface area contributed by atoms with Gasteiger partial charge in [0.1, 0.15) is 10.7 Å². The Labute approximate surface area is 146 Å². The molecule has 0 aromatic heterocycles. The molecule has 0 heterocycles. The van der Waals surface area contributed by atoms with Gasteiger partial charge in [-0.2, -0.15) is 0 Å². The molecule has 0 aliphatic carbocycles. The van der Waals surface area contributed by atoms with E-state index in [2.05, 4.69) is 0 Å². The number of nitrogens with two attached hydrogens (primary N) is 1. The minimum atomic E-state index is -4.10. The SMILES string of the molecule is Nc1ccc(S(=O)(=O)N(Cc2ccccc2)c2ccccc2)c(F)c1. The highest BCUT2D eigenvalue weighted by molar-refractivity contribution is 7.92. The average molecular weight is 356 g/mol. The van der Waals surface area contributed by atoms with Crippen LogP contribution in [0.2, 0.25) is 0 Å². The minimum Gasteiger partial charge on any atom is -0.399 e. The van der Waals surface area contributed by atoms with Crippen molar-refractivity contribution < 1.29 is 12.8 Å². The lowest BCUT2D eigenvalue weighted by molar-refractivity contribution is 0.563. The van der Waals surface area contributed by atoms with E-state index < -0.39 is 20.7 Å². The highest BCUT2D eigenvalue weighted by atomic mass is 32.2. The van der Waals surface area contributed by atoms with Crippen LogP contribution in [0.25, 0.3) is 0 Å². The van der Waals surface area contributed by atoms with Gasteiger partial charge in [-0.3, -0.25) is 4.31 Å². The van der Waals surface area contributed by atoms with E-state index >= 15 is 0 Å². The average Bonchev–Trinajstić information content (AvgIpc) is 2.61. The van der Waals surface area contributed by atoms with E-state index in [1.54, 1.807) is 30.3 Å². The van der Waals surface area contributed by atoms with E-state index in [4.69, 9.17) is 5.73 Å². The second-order valence-corrected chi connectivity index (χ2v) is 7.35. The van der Waals surface area contributed by atoms with Gasteiger partial charge in [0.15, 0.2) is 0 Å². The van der Waals surface area contributed by atoms with Crippen LogP contribution in [-0.4, -0.2) is 8.42 Å². The molecule has 0 atom stereocenters. The van der Waals surface area contributed by atoms with E-state index in [-0.39, 0.29) is 12.2 Å². The normalized spacial score (nSPS) is 11.2. The Kier molecular flexibility index (Phi) is 4.72. The van der Waals surface area contributed by atoms with Crippen molar-refractivity contribution >= 4 is 21.4 Å². The molecule has 0 bridgehead atoms. The number of nitrogen functional groups attached to an aromatic ring is 1. The first kappa shape index (κ1) is 17.0. The zero-order chi connectivity index (χ0) is 17.9. The van der Waals surface area contributed by atoms with Crippen LogP contribution in [0.1, 0.15) is 5.56 Å². The molecule has 0 saturated heterocycles. The summed E-state index contributed by atoms with van der Waals surface area (Å²) < 4.78 is 41.7. The Morgan fingerprint density at radius 2 is 1.48 bits per heavy atom. The molecular weight excluding hydrogens is 339 g/mol. The first-order chi connectivity index (χ1) is 12.0. The molecule has 3 rings (SSSR count). The van der Waals surface area contributed by atoms with Gasteiger partial charge in [-0.15, -0.1) is 0 Å². The van der Waals surface area contributed by atoms with Crippen LogP contribution in [0.15, 0.2) is 83.8 Å². The van der Waals surface area contributed by atoms with Gasteiger partial charge in [0.25, 0.3) is 10.0 Å². The Morgan fingerprint density at radius 3 is 2.08 bits per heavy atom. The largest absolute Gasteiger partial charge is 0.399 e. The summed E-state index contributed by atoms with van der Waals surface area (Å²) in [5.74, 6) is -0.867. The highest BCUT2D eigenvalue weighted by Crippen LogP contribution is 2.28. The predicted molar refractivity (Wildman–Crippen MR) is 97.1 cm³/mol. The molecule has 0 unspecified atom stereocenters. The summed E-state index contributed by atoms with van der Waals surface area (Å²) in [6.45, 7) is 0.0942. The first-order valence-electron chi connectivity index (χ1n) is 7.65. The van der Waals surface area contributed by atoms with Gasteiger partial charge in [-0.1, -0.05) is 48.5 Å². The van der Waals surface area contributed by atoms with Crippen molar-refractivity contribution in [3.63, 3.8) is 0 Å². The molecule has 0 aliphatic rings. The summed E-state index contributed by atoms with van der Waals surface area (Å²) in [5.41, 5.74) is 6.96. The van der Waals surface area contributed by atoms with Crippen LogP contribution in [0, 0.1) is 5.82 Å². The first-order valence-corrected chi connectivity index (χ1v) is 9.09. The standard InChI is InChI=1S/C19H17FN2O2S/c20-18-13-16(21)11-12-19(18)25(23,24)22(17-9-5-2-6-10-17)14-15-7-3-1-4-8-15/h1-13H,14,21H2. The zero-order valence-electron chi connectivity index (χ0n) is 13.3. The van der Waals surface area contributed by atoms with Crippen molar-refractivity contribution in [2.45, 2.75) is 11.4 Å². The molecule has 0 spiro atoms. The molecule has 0 saturated carbocycles. The van der Waals surface area contributed by atoms with Crippen molar-refractivity contribution in [3.05, 3.63) is 90.2 Å². The summed E-state index contributed by atoms with van der Waals surface area (Å²) in [5, 5.41) is 0. The number of sulfonamides is 1. The van der Waals surface area contributed by atoms with Crippen LogP contribution < -0.4 is 10.0 Å². The molecule has 0 aliphatic heterocycles. The molecule has 6 heteroatoms. The fourth-order valence-corrected chi connectivity index (χ4v) is 4.00. The smallest absolute Gasteiger partial charge is 0.267 e. The Morgan fingerprint density at radius 1 is 0.880 bits per heavy atom. The maximum Gasteiger partial charge on any atom is 0.267 e. The van der Waals surface area contributed by atoms with E-state index in [1.807, 2.05) is 30.3 Å². The van der Waals surface area contributed by atoms with Crippen molar-refractivity contribution in [1.82, 2.24) is 0 Å². The number of nitrogens with zero attached hydrogens (tertiary/aromatic N) is 1. The Bertz CT molecular complexity index is 961. The van der Waals surface area contributed by atoms with Gasteiger partial charge < -0.3 is 5.73 Å². The molecule has 3 aromatic carbocycles. The van der Waals surface area contributed by atoms with Crippen LogP contribution in [-0.2, 0) is 16.6 Å².